The van der Waals surface area contributed by atoms with E-state index in [4.69, 9.17) is 4.74 Å². The van der Waals surface area contributed by atoms with Crippen LogP contribution in [0.1, 0.15) is 11.4 Å². The van der Waals surface area contributed by atoms with E-state index in [1.54, 1.807) is 41.1 Å². The van der Waals surface area contributed by atoms with E-state index in [1.165, 1.54) is 24.3 Å². The molecule has 0 unspecified atom stereocenters. The van der Waals surface area contributed by atoms with Gasteiger partial charge in [0.25, 0.3) is 0 Å². The van der Waals surface area contributed by atoms with E-state index in [9.17, 15) is 18.0 Å². The molecule has 2 N–H and O–H groups in total. The molecule has 2 aromatic carbocycles. The third-order valence-corrected chi connectivity index (χ3v) is 5.27. The zero-order chi connectivity index (χ0) is 25.0. The predicted molar refractivity (Wildman–Crippen MR) is 126 cm³/mol. The molecule has 0 aliphatic heterocycles. The first-order valence-electron chi connectivity index (χ1n) is 10.2. The smallest absolute Gasteiger partial charge is 0.438 e. The van der Waals surface area contributed by atoms with Crippen molar-refractivity contribution in [1.29, 1.82) is 0 Å². The minimum Gasteiger partial charge on any atom is -0.438 e. The number of hydrogen-bond donors (Lipinski definition) is 2. The lowest BCUT2D eigenvalue weighted by atomic mass is 10.3. The Morgan fingerprint density at radius 2 is 1.54 bits per heavy atom. The summed E-state index contributed by atoms with van der Waals surface area (Å²) in [6.45, 7) is 3.82. The molecule has 0 atom stereocenters. The summed E-state index contributed by atoms with van der Waals surface area (Å²) >= 11 is -0.219. The van der Waals surface area contributed by atoms with Crippen molar-refractivity contribution in [3.63, 3.8) is 0 Å². The number of rotatable bonds is 6. The van der Waals surface area contributed by atoms with Gasteiger partial charge in [0.15, 0.2) is 5.82 Å². The third-order valence-electron chi connectivity index (χ3n) is 4.53. The molecule has 0 spiro atoms. The minimum atomic E-state index is -4.36. The third kappa shape index (κ3) is 6.73. The van der Waals surface area contributed by atoms with E-state index in [1.807, 2.05) is 19.9 Å². The number of thioether (sulfide) groups is 1. The van der Waals surface area contributed by atoms with Crippen LogP contribution in [0.15, 0.2) is 71.6 Å². The highest BCUT2D eigenvalue weighted by molar-refractivity contribution is 8.00. The first-order chi connectivity index (χ1) is 16.6. The van der Waals surface area contributed by atoms with Crippen molar-refractivity contribution in [2.24, 2.45) is 0 Å². The van der Waals surface area contributed by atoms with Crippen LogP contribution < -0.4 is 15.4 Å². The van der Waals surface area contributed by atoms with Crippen LogP contribution in [0.25, 0.3) is 5.82 Å². The highest BCUT2D eigenvalue weighted by Gasteiger charge is 2.29. The highest BCUT2D eigenvalue weighted by Crippen LogP contribution is 2.37. The Morgan fingerprint density at radius 3 is 2.06 bits per heavy atom. The molecule has 2 heterocycles. The molecule has 35 heavy (non-hydrogen) atoms. The summed E-state index contributed by atoms with van der Waals surface area (Å²) in [6, 6.07) is 16.7. The number of aromatic nitrogens is 4. The normalized spacial score (nSPS) is 11.2. The second-order valence-corrected chi connectivity index (χ2v) is 8.48. The second kappa shape index (κ2) is 10.1. The maximum Gasteiger partial charge on any atom is 0.446 e. The number of urea groups is 1. The van der Waals surface area contributed by atoms with Crippen LogP contribution in [0.2, 0.25) is 0 Å². The Morgan fingerprint density at radius 1 is 0.914 bits per heavy atom. The summed E-state index contributed by atoms with van der Waals surface area (Å²) in [4.78, 5) is 12.2. The summed E-state index contributed by atoms with van der Waals surface area (Å²) in [6.07, 6.45) is 0. The number of carbonyl (C=O) groups excluding carboxylic acids is 1. The number of carbonyl (C=O) groups is 1. The van der Waals surface area contributed by atoms with Crippen LogP contribution in [0.3, 0.4) is 0 Å². The van der Waals surface area contributed by atoms with Gasteiger partial charge in [0.2, 0.25) is 5.88 Å². The van der Waals surface area contributed by atoms with E-state index in [0.717, 1.165) is 11.4 Å². The molecule has 0 bridgehead atoms. The molecule has 4 rings (SSSR count). The Labute approximate surface area is 202 Å². The maximum absolute atomic E-state index is 12.4. The Balaban J connectivity index is 1.31. The number of nitrogens with one attached hydrogen (secondary N) is 2. The molecule has 0 fully saturated rings. The molecule has 4 aromatic rings. The predicted octanol–water partition coefficient (Wildman–Crippen LogP) is 6.33. The topological polar surface area (TPSA) is 94.0 Å². The van der Waals surface area contributed by atoms with Crippen LogP contribution in [-0.4, -0.2) is 31.5 Å². The van der Waals surface area contributed by atoms with Crippen LogP contribution in [0, 0.1) is 13.8 Å². The number of ether oxygens (including phenoxy) is 1. The zero-order valence-electron chi connectivity index (χ0n) is 18.5. The molecular formula is C23H19F3N6O2S. The molecule has 0 saturated carbocycles. The van der Waals surface area contributed by atoms with Crippen LogP contribution in [0.5, 0.6) is 11.6 Å². The number of anilines is 2. The Bertz CT molecular complexity index is 1310. The van der Waals surface area contributed by atoms with Gasteiger partial charge >= 0.3 is 11.5 Å². The van der Waals surface area contributed by atoms with Crippen molar-refractivity contribution < 1.29 is 22.7 Å². The van der Waals surface area contributed by atoms with Gasteiger partial charge in [-0.3, -0.25) is 0 Å². The number of halogens is 3. The lowest BCUT2D eigenvalue weighted by Gasteiger charge is -2.10. The summed E-state index contributed by atoms with van der Waals surface area (Å²) in [5, 5.41) is 17.8. The zero-order valence-corrected chi connectivity index (χ0v) is 19.3. The van der Waals surface area contributed by atoms with Gasteiger partial charge in [0, 0.05) is 28.0 Å². The molecule has 0 aliphatic rings. The SMILES string of the molecule is Cc1cc(C)n(-c2ccc(Oc3ccc(NC(=O)Nc4ccc(SC(F)(F)F)cc4)cc3)nn2)n1. The summed E-state index contributed by atoms with van der Waals surface area (Å²) < 4.78 is 44.6. The first-order valence-corrected chi connectivity index (χ1v) is 11.1. The standard InChI is InChI=1S/C23H19F3N6O2S/c1-14-13-15(2)32(31-14)20-11-12-21(30-29-20)34-18-7-3-16(4-8-18)27-22(33)28-17-5-9-19(10-6-17)35-23(24,25)26/h3-13H,1-2H3,(H2,27,28,33). The quantitative estimate of drug-likeness (QED) is 0.301. The molecular weight excluding hydrogens is 481 g/mol. The molecule has 0 radical (unpaired) electrons. The lowest BCUT2D eigenvalue weighted by molar-refractivity contribution is -0.0328. The molecule has 0 aliphatic carbocycles. The molecule has 2 aromatic heterocycles. The molecule has 12 heteroatoms. The lowest BCUT2D eigenvalue weighted by Crippen LogP contribution is -2.19. The molecule has 180 valence electrons. The van der Waals surface area contributed by atoms with Crippen LogP contribution in [0.4, 0.5) is 29.3 Å². The van der Waals surface area contributed by atoms with Crippen molar-refractivity contribution in [2.45, 2.75) is 24.3 Å². The van der Waals surface area contributed by atoms with Crippen molar-refractivity contribution in [3.05, 3.63) is 78.1 Å². The van der Waals surface area contributed by atoms with E-state index < -0.39 is 11.5 Å². The molecule has 2 amide bonds. The van der Waals surface area contributed by atoms with Gasteiger partial charge in [-0.1, -0.05) is 0 Å². The number of aryl methyl sites for hydroxylation is 2. The number of amides is 2. The van der Waals surface area contributed by atoms with E-state index in [-0.39, 0.29) is 16.7 Å². The fourth-order valence-electron chi connectivity index (χ4n) is 3.10. The van der Waals surface area contributed by atoms with Crippen LogP contribution in [-0.2, 0) is 0 Å². The molecule has 0 saturated heterocycles. The summed E-state index contributed by atoms with van der Waals surface area (Å²) in [7, 11) is 0. The van der Waals surface area contributed by atoms with Gasteiger partial charge in [0.05, 0.1) is 5.69 Å². The number of hydrogen-bond acceptors (Lipinski definition) is 6. The van der Waals surface area contributed by atoms with Gasteiger partial charge < -0.3 is 15.4 Å². The first kappa shape index (κ1) is 24.1. The van der Waals surface area contributed by atoms with Gasteiger partial charge in [-0.15, -0.1) is 10.2 Å². The van der Waals surface area contributed by atoms with Gasteiger partial charge in [-0.05, 0) is 86.3 Å². The summed E-state index contributed by atoms with van der Waals surface area (Å²) in [5.41, 5.74) is -1.70. The van der Waals surface area contributed by atoms with Gasteiger partial charge in [-0.2, -0.15) is 18.3 Å². The largest absolute Gasteiger partial charge is 0.446 e. The minimum absolute atomic E-state index is 0.0324. The number of alkyl halides is 3. The maximum atomic E-state index is 12.4. The van der Waals surface area contributed by atoms with Crippen molar-refractivity contribution in [1.82, 2.24) is 20.0 Å². The van der Waals surface area contributed by atoms with Gasteiger partial charge in [0.1, 0.15) is 5.75 Å². The highest BCUT2D eigenvalue weighted by atomic mass is 32.2. The second-order valence-electron chi connectivity index (χ2n) is 7.35. The average Bonchev–Trinajstić information content (AvgIpc) is 3.14. The van der Waals surface area contributed by atoms with E-state index >= 15 is 0 Å². The fraction of sp³-hybridized carbons (Fsp3) is 0.130. The number of nitrogens with zero attached hydrogens (tertiary/aromatic N) is 4. The van der Waals surface area contributed by atoms with E-state index in [0.29, 0.717) is 28.8 Å². The Kier molecular flexibility index (Phi) is 6.92. The van der Waals surface area contributed by atoms with Crippen molar-refractivity contribution in [2.75, 3.05) is 10.6 Å². The monoisotopic (exact) mass is 500 g/mol. The van der Waals surface area contributed by atoms with Crippen molar-refractivity contribution in [3.8, 4) is 17.4 Å². The van der Waals surface area contributed by atoms with Gasteiger partial charge in [-0.25, -0.2) is 9.48 Å². The fourth-order valence-corrected chi connectivity index (χ4v) is 3.64. The average molecular weight is 501 g/mol. The van der Waals surface area contributed by atoms with Crippen molar-refractivity contribution >= 4 is 29.2 Å². The van der Waals surface area contributed by atoms with Crippen LogP contribution >= 0.6 is 11.8 Å². The summed E-state index contributed by atoms with van der Waals surface area (Å²) in [5.74, 6) is 1.35. The molecule has 8 nitrogen and oxygen atoms in total. The van der Waals surface area contributed by atoms with E-state index in [2.05, 4.69) is 25.9 Å². The Hall–Kier alpha value is -4.06. The number of benzene rings is 2.